The van der Waals surface area contributed by atoms with Crippen LogP contribution in [-0.2, 0) is 9.53 Å². The van der Waals surface area contributed by atoms with Crippen LogP contribution in [0.2, 0.25) is 0 Å². The third kappa shape index (κ3) is 1.86. The normalized spacial score (nSPS) is 40.9. The molecule has 2 aliphatic rings. The number of epoxide rings is 1. The zero-order chi connectivity index (χ0) is 10.1. The van der Waals surface area contributed by atoms with E-state index in [0.717, 1.165) is 18.2 Å². The fourth-order valence-electron chi connectivity index (χ4n) is 2.23. The van der Waals surface area contributed by atoms with Gasteiger partial charge < -0.3 is 9.84 Å². The van der Waals surface area contributed by atoms with Gasteiger partial charge >= 0.3 is 5.97 Å². The van der Waals surface area contributed by atoms with Crippen molar-refractivity contribution in [1.29, 1.82) is 0 Å². The van der Waals surface area contributed by atoms with Crippen LogP contribution in [0.5, 0.6) is 0 Å². The van der Waals surface area contributed by atoms with Crippen molar-refractivity contribution in [2.24, 2.45) is 11.8 Å². The van der Waals surface area contributed by atoms with Gasteiger partial charge in [-0.1, -0.05) is 28.1 Å². The number of hydrogen-bond donors (Lipinski definition) is 1. The maximum atomic E-state index is 11.0. The summed E-state index contributed by atoms with van der Waals surface area (Å²) in [5, 5.41) is 9.81. The Morgan fingerprint density at radius 2 is 2.36 bits per heavy atom. The van der Waals surface area contributed by atoms with Gasteiger partial charge in [-0.2, -0.15) is 0 Å². The number of allylic oxidation sites excluding steroid dienone is 1. The predicted octanol–water partition coefficient (Wildman–Crippen LogP) is 1.82. The summed E-state index contributed by atoms with van der Waals surface area (Å²) >= 11 is 3.29. The Labute approximate surface area is 91.3 Å². The SMILES string of the molecule is O=C(O)C1CCC2OC2C1C=CCBr. The van der Waals surface area contributed by atoms with Crippen molar-refractivity contribution in [3.05, 3.63) is 12.2 Å². The van der Waals surface area contributed by atoms with Gasteiger partial charge in [-0.3, -0.25) is 4.79 Å². The highest BCUT2D eigenvalue weighted by atomic mass is 79.9. The van der Waals surface area contributed by atoms with E-state index in [1.165, 1.54) is 0 Å². The molecule has 0 radical (unpaired) electrons. The first kappa shape index (κ1) is 10.2. The second-order valence-electron chi connectivity index (χ2n) is 3.82. The van der Waals surface area contributed by atoms with Crippen molar-refractivity contribution in [3.63, 3.8) is 0 Å². The second-order valence-corrected chi connectivity index (χ2v) is 4.47. The van der Waals surface area contributed by atoms with E-state index in [0.29, 0.717) is 6.10 Å². The van der Waals surface area contributed by atoms with Crippen LogP contribution in [0.4, 0.5) is 0 Å². The number of ether oxygens (including phenoxy) is 1. The second kappa shape index (κ2) is 4.03. The topological polar surface area (TPSA) is 49.8 Å². The van der Waals surface area contributed by atoms with Gasteiger partial charge in [-0.05, 0) is 12.8 Å². The average molecular weight is 261 g/mol. The first-order valence-electron chi connectivity index (χ1n) is 4.85. The van der Waals surface area contributed by atoms with Gasteiger partial charge in [0, 0.05) is 11.2 Å². The largest absolute Gasteiger partial charge is 0.481 e. The highest BCUT2D eigenvalue weighted by Gasteiger charge is 2.52. The van der Waals surface area contributed by atoms with Gasteiger partial charge in [0.1, 0.15) is 0 Å². The Morgan fingerprint density at radius 3 is 3.00 bits per heavy atom. The number of carboxylic acid groups (broad SMARTS) is 1. The van der Waals surface area contributed by atoms with Crippen molar-refractivity contribution in [2.75, 3.05) is 5.33 Å². The summed E-state index contributed by atoms with van der Waals surface area (Å²) in [4.78, 5) is 11.0. The number of carbonyl (C=O) groups is 1. The minimum absolute atomic E-state index is 0.0730. The van der Waals surface area contributed by atoms with E-state index < -0.39 is 5.97 Å². The number of carboxylic acids is 1. The maximum Gasteiger partial charge on any atom is 0.307 e. The summed E-state index contributed by atoms with van der Waals surface area (Å²) in [7, 11) is 0. The molecule has 14 heavy (non-hydrogen) atoms. The Balaban J connectivity index is 2.07. The molecule has 1 N–H and O–H groups in total. The lowest BCUT2D eigenvalue weighted by Gasteiger charge is -2.22. The van der Waals surface area contributed by atoms with Crippen LogP contribution in [0, 0.1) is 11.8 Å². The molecule has 1 heterocycles. The molecule has 3 nitrogen and oxygen atoms in total. The van der Waals surface area contributed by atoms with E-state index in [2.05, 4.69) is 15.9 Å². The van der Waals surface area contributed by atoms with Crippen molar-refractivity contribution < 1.29 is 14.6 Å². The van der Waals surface area contributed by atoms with Crippen LogP contribution in [0.25, 0.3) is 0 Å². The van der Waals surface area contributed by atoms with Crippen LogP contribution in [0.15, 0.2) is 12.2 Å². The average Bonchev–Trinajstić information content (AvgIpc) is 2.92. The highest BCUT2D eigenvalue weighted by Crippen LogP contribution is 2.44. The van der Waals surface area contributed by atoms with Crippen LogP contribution in [0.1, 0.15) is 12.8 Å². The van der Waals surface area contributed by atoms with Crippen molar-refractivity contribution >= 4 is 21.9 Å². The van der Waals surface area contributed by atoms with Crippen molar-refractivity contribution in [2.45, 2.75) is 25.0 Å². The smallest absolute Gasteiger partial charge is 0.307 e. The van der Waals surface area contributed by atoms with Gasteiger partial charge in [0.05, 0.1) is 18.1 Å². The Bertz CT molecular complexity index is 264. The molecule has 2 rings (SSSR count). The quantitative estimate of drug-likeness (QED) is 0.479. The van der Waals surface area contributed by atoms with E-state index in [9.17, 15) is 4.79 Å². The number of alkyl halides is 1. The number of halogens is 1. The lowest BCUT2D eigenvalue weighted by molar-refractivity contribution is -0.143. The molecule has 4 atom stereocenters. The van der Waals surface area contributed by atoms with Gasteiger partial charge in [-0.25, -0.2) is 0 Å². The Kier molecular flexibility index (Phi) is 2.93. The Morgan fingerprint density at radius 1 is 1.57 bits per heavy atom. The molecular weight excluding hydrogens is 248 g/mol. The van der Waals surface area contributed by atoms with Crippen LogP contribution >= 0.6 is 15.9 Å². The molecule has 0 aromatic carbocycles. The molecule has 0 bridgehead atoms. The number of aliphatic carboxylic acids is 1. The standard InChI is InChI=1S/C10H13BrO3/c11-5-1-2-6-7(10(12)13)3-4-8-9(6)14-8/h1-2,6-9H,3-5H2,(H,12,13). The predicted molar refractivity (Wildman–Crippen MR) is 55.4 cm³/mol. The third-order valence-electron chi connectivity index (χ3n) is 2.99. The first-order valence-corrected chi connectivity index (χ1v) is 5.97. The molecule has 0 amide bonds. The van der Waals surface area contributed by atoms with E-state index in [4.69, 9.17) is 9.84 Å². The molecule has 1 saturated carbocycles. The number of rotatable bonds is 3. The molecule has 0 spiro atoms. The summed E-state index contributed by atoms with van der Waals surface area (Å²) < 4.78 is 5.44. The van der Waals surface area contributed by atoms with E-state index in [1.807, 2.05) is 12.2 Å². The molecule has 1 aliphatic heterocycles. The van der Waals surface area contributed by atoms with E-state index in [-0.39, 0.29) is 17.9 Å². The number of hydrogen-bond acceptors (Lipinski definition) is 2. The summed E-state index contributed by atoms with van der Waals surface area (Å²) in [6.45, 7) is 0. The molecular formula is C10H13BrO3. The molecule has 4 heteroatoms. The summed E-state index contributed by atoms with van der Waals surface area (Å²) in [6, 6.07) is 0. The molecule has 4 unspecified atom stereocenters. The van der Waals surface area contributed by atoms with E-state index >= 15 is 0 Å². The van der Waals surface area contributed by atoms with Gasteiger partial charge in [0.25, 0.3) is 0 Å². The molecule has 1 aliphatic carbocycles. The van der Waals surface area contributed by atoms with Crippen molar-refractivity contribution in [3.8, 4) is 0 Å². The molecule has 78 valence electrons. The fourth-order valence-corrected chi connectivity index (χ4v) is 2.45. The summed E-state index contributed by atoms with van der Waals surface area (Å²) in [5.74, 6) is -0.874. The fraction of sp³-hybridized carbons (Fsp3) is 0.700. The lowest BCUT2D eigenvalue weighted by Crippen LogP contribution is -2.31. The van der Waals surface area contributed by atoms with Gasteiger partial charge in [-0.15, -0.1) is 0 Å². The Hall–Kier alpha value is -0.350. The minimum Gasteiger partial charge on any atom is -0.481 e. The highest BCUT2D eigenvalue weighted by molar-refractivity contribution is 9.09. The third-order valence-corrected chi connectivity index (χ3v) is 3.37. The van der Waals surface area contributed by atoms with Crippen LogP contribution in [-0.4, -0.2) is 28.6 Å². The van der Waals surface area contributed by atoms with Crippen LogP contribution < -0.4 is 0 Å². The summed E-state index contributed by atoms with van der Waals surface area (Å²) in [6.07, 6.45) is 6.09. The zero-order valence-electron chi connectivity index (χ0n) is 7.73. The lowest BCUT2D eigenvalue weighted by atomic mass is 9.79. The van der Waals surface area contributed by atoms with Gasteiger partial charge in [0.2, 0.25) is 0 Å². The zero-order valence-corrected chi connectivity index (χ0v) is 9.31. The van der Waals surface area contributed by atoms with Gasteiger partial charge in [0.15, 0.2) is 0 Å². The maximum absolute atomic E-state index is 11.0. The van der Waals surface area contributed by atoms with E-state index in [1.54, 1.807) is 0 Å². The minimum atomic E-state index is -0.692. The molecule has 2 fully saturated rings. The van der Waals surface area contributed by atoms with Crippen LogP contribution in [0.3, 0.4) is 0 Å². The molecule has 0 aromatic rings. The first-order chi connectivity index (χ1) is 6.74. The number of fused-ring (bicyclic) bond motifs is 1. The monoisotopic (exact) mass is 260 g/mol. The molecule has 1 saturated heterocycles. The van der Waals surface area contributed by atoms with Crippen molar-refractivity contribution in [1.82, 2.24) is 0 Å². The summed E-state index contributed by atoms with van der Waals surface area (Å²) in [5.41, 5.74) is 0. The molecule has 0 aromatic heterocycles.